The molecule has 1 amide bonds. The second-order valence-corrected chi connectivity index (χ2v) is 8.63. The van der Waals surface area contributed by atoms with Crippen molar-refractivity contribution in [2.75, 3.05) is 20.2 Å². The Morgan fingerprint density at radius 2 is 1.79 bits per heavy atom. The maximum Gasteiger partial charge on any atom is 0.272 e. The number of rotatable bonds is 3. The number of carbonyl (C=O) groups is 1. The molecule has 0 atom stereocenters. The maximum atomic E-state index is 13.4. The van der Waals surface area contributed by atoms with E-state index in [1.54, 1.807) is 11.6 Å². The number of likely N-dealkylation sites (tertiary alicyclic amines) is 1. The van der Waals surface area contributed by atoms with Gasteiger partial charge < -0.3 is 9.64 Å². The summed E-state index contributed by atoms with van der Waals surface area (Å²) in [6, 6.07) is 11.6. The standard InChI is InChI=1S/C23H28N4O2/c1-23(2,3)20-15-21-24-17(16-10-6-7-11-19(16)29-4)14-18(27(21)25-20)22(28)26-12-8-5-9-13-26/h6-7,10-11,14-15H,5,8-9,12-13H2,1-4H3. The number of methoxy groups -OCH3 is 1. The summed E-state index contributed by atoms with van der Waals surface area (Å²) in [5.74, 6) is 0.744. The highest BCUT2D eigenvalue weighted by molar-refractivity contribution is 5.94. The van der Waals surface area contributed by atoms with Crippen molar-refractivity contribution in [1.29, 1.82) is 0 Å². The van der Waals surface area contributed by atoms with E-state index in [0.717, 1.165) is 48.6 Å². The fourth-order valence-corrected chi connectivity index (χ4v) is 3.75. The summed E-state index contributed by atoms with van der Waals surface area (Å²) in [4.78, 5) is 20.2. The minimum atomic E-state index is -0.135. The van der Waals surface area contributed by atoms with Crippen LogP contribution in [0.1, 0.15) is 56.2 Å². The fourth-order valence-electron chi connectivity index (χ4n) is 3.75. The Hall–Kier alpha value is -2.89. The van der Waals surface area contributed by atoms with Crippen LogP contribution in [0, 0.1) is 0 Å². The van der Waals surface area contributed by atoms with Crippen LogP contribution >= 0.6 is 0 Å². The van der Waals surface area contributed by atoms with Crippen molar-refractivity contribution >= 4 is 11.6 Å². The number of benzene rings is 1. The lowest BCUT2D eigenvalue weighted by molar-refractivity contribution is 0.0715. The zero-order chi connectivity index (χ0) is 20.6. The van der Waals surface area contributed by atoms with Crippen LogP contribution in [0.5, 0.6) is 5.75 Å². The molecule has 0 aliphatic carbocycles. The van der Waals surface area contributed by atoms with Gasteiger partial charge in [-0.15, -0.1) is 0 Å². The molecule has 0 bridgehead atoms. The summed E-state index contributed by atoms with van der Waals surface area (Å²) in [6.07, 6.45) is 3.27. The van der Waals surface area contributed by atoms with Gasteiger partial charge in [-0.05, 0) is 37.5 Å². The van der Waals surface area contributed by atoms with E-state index >= 15 is 0 Å². The molecule has 6 heteroatoms. The molecular weight excluding hydrogens is 364 g/mol. The largest absolute Gasteiger partial charge is 0.496 e. The Kier molecular flexibility index (Phi) is 5.03. The van der Waals surface area contributed by atoms with E-state index in [1.165, 1.54) is 6.42 Å². The van der Waals surface area contributed by atoms with Gasteiger partial charge in [-0.2, -0.15) is 5.10 Å². The molecule has 1 aliphatic rings. The van der Waals surface area contributed by atoms with E-state index in [-0.39, 0.29) is 11.3 Å². The molecule has 0 N–H and O–H groups in total. The average Bonchev–Trinajstić information content (AvgIpc) is 3.18. The predicted molar refractivity (Wildman–Crippen MR) is 113 cm³/mol. The lowest BCUT2D eigenvalue weighted by atomic mass is 9.93. The van der Waals surface area contributed by atoms with Crippen LogP contribution in [0.2, 0.25) is 0 Å². The van der Waals surface area contributed by atoms with Crippen LogP contribution in [-0.2, 0) is 5.41 Å². The van der Waals surface area contributed by atoms with Gasteiger partial charge in [0.2, 0.25) is 0 Å². The normalized spacial score (nSPS) is 15.0. The number of piperidine rings is 1. The third-order valence-electron chi connectivity index (χ3n) is 5.44. The van der Waals surface area contributed by atoms with Crippen molar-refractivity contribution in [2.24, 2.45) is 0 Å². The minimum absolute atomic E-state index is 0.0109. The van der Waals surface area contributed by atoms with Gasteiger partial charge in [0.15, 0.2) is 5.65 Å². The van der Waals surface area contributed by atoms with Gasteiger partial charge in [-0.1, -0.05) is 32.9 Å². The first-order chi connectivity index (χ1) is 13.9. The van der Waals surface area contributed by atoms with Crippen molar-refractivity contribution in [3.8, 4) is 17.0 Å². The summed E-state index contributed by atoms with van der Waals surface area (Å²) in [7, 11) is 1.65. The molecule has 4 rings (SSSR count). The summed E-state index contributed by atoms with van der Waals surface area (Å²) >= 11 is 0. The average molecular weight is 393 g/mol. The highest BCUT2D eigenvalue weighted by atomic mass is 16.5. The Bertz CT molecular complexity index is 1040. The SMILES string of the molecule is COc1ccccc1-c1cc(C(=O)N2CCCCC2)n2nc(C(C)(C)C)cc2n1. The molecule has 3 aromatic rings. The third-order valence-corrected chi connectivity index (χ3v) is 5.44. The maximum absolute atomic E-state index is 13.4. The number of carbonyl (C=O) groups excluding carboxylic acids is 1. The van der Waals surface area contributed by atoms with Gasteiger partial charge in [-0.3, -0.25) is 4.79 Å². The minimum Gasteiger partial charge on any atom is -0.496 e. The number of ether oxygens (including phenoxy) is 1. The van der Waals surface area contributed by atoms with E-state index < -0.39 is 0 Å². The van der Waals surface area contributed by atoms with Crippen LogP contribution in [0.4, 0.5) is 0 Å². The van der Waals surface area contributed by atoms with Gasteiger partial charge in [0, 0.05) is 30.1 Å². The molecule has 3 heterocycles. The fraction of sp³-hybridized carbons (Fsp3) is 0.435. The van der Waals surface area contributed by atoms with Gasteiger partial charge in [0.25, 0.3) is 5.91 Å². The molecule has 1 fully saturated rings. The van der Waals surface area contributed by atoms with E-state index in [1.807, 2.05) is 41.3 Å². The van der Waals surface area contributed by atoms with Crippen LogP contribution in [0.25, 0.3) is 16.9 Å². The highest BCUT2D eigenvalue weighted by Gasteiger charge is 2.25. The van der Waals surface area contributed by atoms with E-state index in [9.17, 15) is 4.79 Å². The highest BCUT2D eigenvalue weighted by Crippen LogP contribution is 2.31. The molecule has 6 nitrogen and oxygen atoms in total. The first kappa shape index (κ1) is 19.4. The zero-order valence-electron chi connectivity index (χ0n) is 17.6. The lowest BCUT2D eigenvalue weighted by Gasteiger charge is -2.27. The number of hydrogen-bond acceptors (Lipinski definition) is 4. The molecule has 0 radical (unpaired) electrons. The van der Waals surface area contributed by atoms with Gasteiger partial charge >= 0.3 is 0 Å². The molecule has 1 saturated heterocycles. The first-order valence-corrected chi connectivity index (χ1v) is 10.2. The number of para-hydroxylation sites is 1. The number of amides is 1. The van der Waals surface area contributed by atoms with Crippen LogP contribution in [0.3, 0.4) is 0 Å². The Morgan fingerprint density at radius 3 is 2.48 bits per heavy atom. The quantitative estimate of drug-likeness (QED) is 0.666. The van der Waals surface area contributed by atoms with Gasteiger partial charge in [0.1, 0.15) is 11.4 Å². The third kappa shape index (κ3) is 3.71. The van der Waals surface area contributed by atoms with E-state index in [0.29, 0.717) is 11.3 Å². The van der Waals surface area contributed by atoms with Gasteiger partial charge in [-0.25, -0.2) is 9.50 Å². The molecule has 29 heavy (non-hydrogen) atoms. The van der Waals surface area contributed by atoms with Gasteiger partial charge in [0.05, 0.1) is 18.5 Å². The van der Waals surface area contributed by atoms with Crippen LogP contribution < -0.4 is 4.74 Å². The topological polar surface area (TPSA) is 59.7 Å². The van der Waals surface area contributed by atoms with E-state index in [4.69, 9.17) is 14.8 Å². The Labute approximate surface area is 171 Å². The molecule has 0 saturated carbocycles. The Morgan fingerprint density at radius 1 is 1.07 bits per heavy atom. The molecule has 1 aromatic carbocycles. The summed E-state index contributed by atoms with van der Waals surface area (Å²) in [5, 5.41) is 4.75. The summed E-state index contributed by atoms with van der Waals surface area (Å²) in [6.45, 7) is 7.92. The van der Waals surface area contributed by atoms with Crippen LogP contribution in [0.15, 0.2) is 36.4 Å². The number of nitrogens with zero attached hydrogens (tertiary/aromatic N) is 4. The van der Waals surface area contributed by atoms with Crippen molar-refractivity contribution in [2.45, 2.75) is 45.4 Å². The van der Waals surface area contributed by atoms with E-state index in [2.05, 4.69) is 20.8 Å². The molecular formula is C23H28N4O2. The Balaban J connectivity index is 1.91. The first-order valence-electron chi connectivity index (χ1n) is 10.2. The molecule has 0 unspecified atom stereocenters. The molecule has 2 aromatic heterocycles. The van der Waals surface area contributed by atoms with Crippen molar-refractivity contribution in [3.05, 3.63) is 47.8 Å². The molecule has 152 valence electrons. The number of fused-ring (bicyclic) bond motifs is 1. The van der Waals surface area contributed by atoms with Crippen molar-refractivity contribution in [1.82, 2.24) is 19.5 Å². The predicted octanol–water partition coefficient (Wildman–Crippen LogP) is 4.33. The molecule has 0 spiro atoms. The summed E-state index contributed by atoms with van der Waals surface area (Å²) < 4.78 is 7.23. The smallest absolute Gasteiger partial charge is 0.272 e. The number of aromatic nitrogens is 3. The second kappa shape index (κ2) is 7.50. The summed E-state index contributed by atoms with van der Waals surface area (Å²) in [5.41, 5.74) is 3.59. The monoisotopic (exact) mass is 392 g/mol. The van der Waals surface area contributed by atoms with Crippen LogP contribution in [-0.4, -0.2) is 45.6 Å². The van der Waals surface area contributed by atoms with Crippen molar-refractivity contribution < 1.29 is 9.53 Å². The zero-order valence-corrected chi connectivity index (χ0v) is 17.6. The van der Waals surface area contributed by atoms with Crippen molar-refractivity contribution in [3.63, 3.8) is 0 Å². The number of hydrogen-bond donors (Lipinski definition) is 0. The lowest BCUT2D eigenvalue weighted by Crippen LogP contribution is -2.36. The molecule has 1 aliphatic heterocycles. The second-order valence-electron chi connectivity index (χ2n) is 8.63.